The fourth-order valence-electron chi connectivity index (χ4n) is 1.98. The molecule has 2 N–H and O–H groups in total. The van der Waals surface area contributed by atoms with Crippen molar-refractivity contribution in [3.63, 3.8) is 0 Å². The molecule has 0 fully saturated rings. The van der Waals surface area contributed by atoms with Crippen molar-refractivity contribution in [2.45, 2.75) is 19.5 Å². The van der Waals surface area contributed by atoms with Crippen LogP contribution in [0.15, 0.2) is 46.9 Å². The van der Waals surface area contributed by atoms with Crippen LogP contribution >= 0.6 is 27.5 Å². The van der Waals surface area contributed by atoms with Gasteiger partial charge < -0.3 is 10.4 Å². The third kappa shape index (κ3) is 4.30. The van der Waals surface area contributed by atoms with Crippen molar-refractivity contribution in [1.82, 2.24) is 5.32 Å². The van der Waals surface area contributed by atoms with E-state index in [1.54, 1.807) is 12.1 Å². The molecule has 3 nitrogen and oxygen atoms in total. The lowest BCUT2D eigenvalue weighted by atomic mass is 10.1. The number of rotatable bonds is 5. The second kappa shape index (κ2) is 7.07. The summed E-state index contributed by atoms with van der Waals surface area (Å²) in [4.78, 5) is 10.9. The second-order valence-corrected chi connectivity index (χ2v) is 6.06. The van der Waals surface area contributed by atoms with Crippen LogP contribution in [0, 0.1) is 0 Å². The molecule has 5 heteroatoms. The summed E-state index contributed by atoms with van der Waals surface area (Å²) in [5.74, 6) is -0.928. The van der Waals surface area contributed by atoms with Crippen LogP contribution in [0.5, 0.6) is 0 Å². The van der Waals surface area contributed by atoms with Gasteiger partial charge >= 0.3 is 5.97 Å². The lowest BCUT2D eigenvalue weighted by Gasteiger charge is -2.15. The fraction of sp³-hybridized carbons (Fsp3) is 0.188. The zero-order valence-electron chi connectivity index (χ0n) is 11.4. The molecule has 0 aliphatic heterocycles. The highest BCUT2D eigenvalue weighted by Gasteiger charge is 2.09. The Bertz CT molecular complexity index is 660. The van der Waals surface area contributed by atoms with Crippen LogP contribution in [0.4, 0.5) is 0 Å². The Labute approximate surface area is 137 Å². The Morgan fingerprint density at radius 2 is 2.10 bits per heavy atom. The van der Waals surface area contributed by atoms with Gasteiger partial charge in [0.05, 0.1) is 5.56 Å². The van der Waals surface area contributed by atoms with Crippen molar-refractivity contribution in [3.05, 3.63) is 68.7 Å². The molecule has 0 amide bonds. The van der Waals surface area contributed by atoms with E-state index in [4.69, 9.17) is 16.7 Å². The largest absolute Gasteiger partial charge is 0.478 e. The molecular formula is C16H15BrClNO2. The number of carbonyl (C=O) groups is 1. The number of carboxylic acid groups (broad SMARTS) is 1. The number of nitrogens with one attached hydrogen (secondary N) is 1. The Kier molecular flexibility index (Phi) is 5.39. The molecule has 110 valence electrons. The van der Waals surface area contributed by atoms with Crippen molar-refractivity contribution in [3.8, 4) is 0 Å². The smallest absolute Gasteiger partial charge is 0.335 e. The van der Waals surface area contributed by atoms with Crippen LogP contribution in [0.1, 0.15) is 34.5 Å². The van der Waals surface area contributed by atoms with E-state index in [9.17, 15) is 4.79 Å². The third-order valence-electron chi connectivity index (χ3n) is 3.25. The first kappa shape index (κ1) is 16.0. The average molecular weight is 369 g/mol. The second-order valence-electron chi connectivity index (χ2n) is 4.77. The SMILES string of the molecule is C[C@@H](NCc1ccc(C(=O)O)cc1Br)c1cccc(Cl)c1. The minimum absolute atomic E-state index is 0.148. The summed E-state index contributed by atoms with van der Waals surface area (Å²) in [6.07, 6.45) is 0. The summed E-state index contributed by atoms with van der Waals surface area (Å²) in [5, 5.41) is 13.1. The zero-order chi connectivity index (χ0) is 15.4. The molecule has 0 radical (unpaired) electrons. The Hall–Kier alpha value is -1.36. The maximum Gasteiger partial charge on any atom is 0.335 e. The van der Waals surface area contributed by atoms with Gasteiger partial charge in [0, 0.05) is 22.1 Å². The van der Waals surface area contributed by atoms with Crippen LogP contribution in [0.2, 0.25) is 5.02 Å². The van der Waals surface area contributed by atoms with Crippen LogP contribution < -0.4 is 5.32 Å². The summed E-state index contributed by atoms with van der Waals surface area (Å²) >= 11 is 9.40. The number of benzene rings is 2. The first-order chi connectivity index (χ1) is 9.97. The predicted molar refractivity (Wildman–Crippen MR) is 87.8 cm³/mol. The predicted octanol–water partition coefficient (Wildman–Crippen LogP) is 4.65. The quantitative estimate of drug-likeness (QED) is 0.807. The number of halogens is 2. The Morgan fingerprint density at radius 3 is 2.71 bits per heavy atom. The molecule has 0 saturated carbocycles. The van der Waals surface area contributed by atoms with E-state index in [1.807, 2.05) is 30.3 Å². The molecular weight excluding hydrogens is 354 g/mol. The Morgan fingerprint density at radius 1 is 1.33 bits per heavy atom. The fourth-order valence-corrected chi connectivity index (χ4v) is 2.70. The molecule has 0 spiro atoms. The van der Waals surface area contributed by atoms with Gasteiger partial charge in [-0.1, -0.05) is 45.7 Å². The van der Waals surface area contributed by atoms with Gasteiger partial charge in [-0.25, -0.2) is 4.79 Å². The summed E-state index contributed by atoms with van der Waals surface area (Å²) < 4.78 is 0.785. The summed E-state index contributed by atoms with van der Waals surface area (Å²) in [6, 6.07) is 12.9. The Balaban J connectivity index is 2.04. The standard InChI is InChI=1S/C16H15BrClNO2/c1-10(11-3-2-4-14(18)7-11)19-9-13-6-5-12(16(20)21)8-15(13)17/h2-8,10,19H,9H2,1H3,(H,20,21)/t10-/m1/s1. The van der Waals surface area contributed by atoms with Crippen molar-refractivity contribution < 1.29 is 9.90 Å². The maximum absolute atomic E-state index is 10.9. The molecule has 0 saturated heterocycles. The molecule has 0 unspecified atom stereocenters. The zero-order valence-corrected chi connectivity index (χ0v) is 13.8. The summed E-state index contributed by atoms with van der Waals surface area (Å²) in [6.45, 7) is 2.69. The van der Waals surface area contributed by atoms with Crippen molar-refractivity contribution in [2.75, 3.05) is 0 Å². The minimum atomic E-state index is -0.928. The molecule has 0 aliphatic rings. The van der Waals surface area contributed by atoms with Gasteiger partial charge in [-0.2, -0.15) is 0 Å². The normalized spacial score (nSPS) is 12.1. The number of aromatic carboxylic acids is 1. The van der Waals surface area contributed by atoms with Gasteiger partial charge in [-0.3, -0.25) is 0 Å². The van der Waals surface area contributed by atoms with E-state index in [0.29, 0.717) is 11.6 Å². The van der Waals surface area contributed by atoms with Gasteiger partial charge in [0.25, 0.3) is 0 Å². The van der Waals surface area contributed by atoms with Crippen molar-refractivity contribution >= 4 is 33.5 Å². The van der Waals surface area contributed by atoms with E-state index in [-0.39, 0.29) is 11.6 Å². The van der Waals surface area contributed by atoms with Gasteiger partial charge in [-0.05, 0) is 42.3 Å². The van der Waals surface area contributed by atoms with Crippen LogP contribution in [0.25, 0.3) is 0 Å². The molecule has 0 bridgehead atoms. The molecule has 0 aromatic heterocycles. The van der Waals surface area contributed by atoms with Gasteiger partial charge in [0.15, 0.2) is 0 Å². The maximum atomic E-state index is 10.9. The van der Waals surface area contributed by atoms with Crippen molar-refractivity contribution in [1.29, 1.82) is 0 Å². The minimum Gasteiger partial charge on any atom is -0.478 e. The number of hydrogen-bond donors (Lipinski definition) is 2. The highest BCUT2D eigenvalue weighted by atomic mass is 79.9. The molecule has 2 rings (SSSR count). The number of carboxylic acids is 1. The van der Waals surface area contributed by atoms with E-state index >= 15 is 0 Å². The van der Waals surface area contributed by atoms with Gasteiger partial charge in [0.1, 0.15) is 0 Å². The van der Waals surface area contributed by atoms with E-state index < -0.39 is 5.97 Å². The average Bonchev–Trinajstić information content (AvgIpc) is 2.45. The first-order valence-corrected chi connectivity index (χ1v) is 7.65. The molecule has 21 heavy (non-hydrogen) atoms. The van der Waals surface area contributed by atoms with E-state index in [2.05, 4.69) is 28.2 Å². The first-order valence-electron chi connectivity index (χ1n) is 6.48. The molecule has 0 heterocycles. The lowest BCUT2D eigenvalue weighted by molar-refractivity contribution is 0.0697. The monoisotopic (exact) mass is 367 g/mol. The van der Waals surface area contributed by atoms with Crippen LogP contribution in [0.3, 0.4) is 0 Å². The van der Waals surface area contributed by atoms with Gasteiger partial charge in [0.2, 0.25) is 0 Å². The molecule has 1 atom stereocenters. The topological polar surface area (TPSA) is 49.3 Å². The van der Waals surface area contributed by atoms with Gasteiger partial charge in [-0.15, -0.1) is 0 Å². The highest BCUT2D eigenvalue weighted by Crippen LogP contribution is 2.21. The molecule has 2 aromatic rings. The molecule has 0 aliphatic carbocycles. The molecule has 2 aromatic carbocycles. The van der Waals surface area contributed by atoms with E-state index in [1.165, 1.54) is 0 Å². The summed E-state index contributed by atoms with van der Waals surface area (Å²) in [7, 11) is 0. The lowest BCUT2D eigenvalue weighted by Crippen LogP contribution is -2.18. The third-order valence-corrected chi connectivity index (χ3v) is 4.22. The van der Waals surface area contributed by atoms with Crippen LogP contribution in [-0.2, 0) is 6.54 Å². The van der Waals surface area contributed by atoms with E-state index in [0.717, 1.165) is 15.6 Å². The highest BCUT2D eigenvalue weighted by molar-refractivity contribution is 9.10. The van der Waals surface area contributed by atoms with Crippen molar-refractivity contribution in [2.24, 2.45) is 0 Å². The summed E-state index contributed by atoms with van der Waals surface area (Å²) in [5.41, 5.74) is 2.39. The van der Waals surface area contributed by atoms with Crippen LogP contribution in [-0.4, -0.2) is 11.1 Å². The number of hydrogen-bond acceptors (Lipinski definition) is 2.